The van der Waals surface area contributed by atoms with Crippen molar-refractivity contribution in [2.24, 2.45) is 0 Å². The van der Waals surface area contributed by atoms with Gasteiger partial charge >= 0.3 is 0 Å². The van der Waals surface area contributed by atoms with Gasteiger partial charge < -0.3 is 5.32 Å². The molecule has 0 unspecified atom stereocenters. The summed E-state index contributed by atoms with van der Waals surface area (Å²) in [6, 6.07) is 15.2. The van der Waals surface area contributed by atoms with Gasteiger partial charge in [0.05, 0.1) is 0 Å². The molecule has 2 heteroatoms. The van der Waals surface area contributed by atoms with Crippen molar-refractivity contribution in [2.75, 3.05) is 13.6 Å². The van der Waals surface area contributed by atoms with Gasteiger partial charge in [0.1, 0.15) is 6.17 Å². The molecule has 20 heavy (non-hydrogen) atoms. The van der Waals surface area contributed by atoms with Crippen LogP contribution < -0.4 is 5.32 Å². The summed E-state index contributed by atoms with van der Waals surface area (Å²) in [7, 11) is 1.99. The molecule has 1 saturated carbocycles. The first-order valence-electron chi connectivity index (χ1n) is 7.51. The van der Waals surface area contributed by atoms with Gasteiger partial charge in [0.2, 0.25) is 0 Å². The van der Waals surface area contributed by atoms with E-state index in [2.05, 4.69) is 47.8 Å². The van der Waals surface area contributed by atoms with Crippen LogP contribution in [0, 0.1) is 0 Å². The second-order valence-corrected chi connectivity index (χ2v) is 6.05. The van der Waals surface area contributed by atoms with E-state index in [1.54, 1.807) is 0 Å². The minimum Gasteiger partial charge on any atom is -0.319 e. The number of hydrogen-bond donors (Lipinski definition) is 1. The van der Waals surface area contributed by atoms with E-state index in [0.29, 0.717) is 12.8 Å². The van der Waals surface area contributed by atoms with Gasteiger partial charge in [0.25, 0.3) is 0 Å². The molecular weight excluding hydrogens is 249 g/mol. The first-order valence-corrected chi connectivity index (χ1v) is 7.51. The first kappa shape index (κ1) is 13.6. The fourth-order valence-corrected chi connectivity index (χ4v) is 3.56. The van der Waals surface area contributed by atoms with E-state index in [4.69, 9.17) is 0 Å². The standard InChI is InChI=1S/C18H22FN/c1-20-13-18(10-8-17(19)9-11-18)16-7-6-14-4-2-3-5-15(14)12-16/h2-7,12,17,20H,8-11,13H2,1H3/t17-,18+. The number of hydrogen-bond acceptors (Lipinski definition) is 1. The Bertz CT molecular complexity index is 585. The summed E-state index contributed by atoms with van der Waals surface area (Å²) >= 11 is 0. The van der Waals surface area contributed by atoms with Crippen LogP contribution in [0.2, 0.25) is 0 Å². The largest absolute Gasteiger partial charge is 0.319 e. The molecule has 2 aromatic carbocycles. The Kier molecular flexibility index (Phi) is 3.75. The van der Waals surface area contributed by atoms with Crippen LogP contribution in [0.3, 0.4) is 0 Å². The van der Waals surface area contributed by atoms with Crippen LogP contribution in [-0.4, -0.2) is 19.8 Å². The van der Waals surface area contributed by atoms with Gasteiger partial charge in [-0.1, -0.05) is 42.5 Å². The number of fused-ring (bicyclic) bond motifs is 1. The summed E-state index contributed by atoms with van der Waals surface area (Å²) < 4.78 is 13.5. The van der Waals surface area contributed by atoms with Gasteiger partial charge in [-0.3, -0.25) is 0 Å². The molecule has 0 bridgehead atoms. The molecule has 2 aromatic rings. The summed E-state index contributed by atoms with van der Waals surface area (Å²) in [6.45, 7) is 0.929. The molecule has 1 aliphatic carbocycles. The summed E-state index contributed by atoms with van der Waals surface area (Å²) in [6.07, 6.45) is 2.64. The zero-order chi connectivity index (χ0) is 14.0. The average Bonchev–Trinajstić information content (AvgIpc) is 2.49. The highest BCUT2D eigenvalue weighted by molar-refractivity contribution is 5.83. The quantitative estimate of drug-likeness (QED) is 0.881. The lowest BCUT2D eigenvalue weighted by atomic mass is 9.68. The van der Waals surface area contributed by atoms with Crippen LogP contribution in [0.25, 0.3) is 10.8 Å². The third-order valence-electron chi connectivity index (χ3n) is 4.75. The Morgan fingerprint density at radius 1 is 1.10 bits per heavy atom. The molecule has 0 amide bonds. The summed E-state index contributed by atoms with van der Waals surface area (Å²) in [5, 5.41) is 5.87. The van der Waals surface area contributed by atoms with E-state index in [9.17, 15) is 4.39 Å². The maximum Gasteiger partial charge on any atom is 0.100 e. The molecule has 1 nitrogen and oxygen atoms in total. The van der Waals surface area contributed by atoms with Crippen LogP contribution in [-0.2, 0) is 5.41 Å². The van der Waals surface area contributed by atoms with Crippen molar-refractivity contribution in [1.29, 1.82) is 0 Å². The lowest BCUT2D eigenvalue weighted by Crippen LogP contribution is -2.40. The molecule has 0 radical (unpaired) electrons. The van der Waals surface area contributed by atoms with Crippen LogP contribution in [0.4, 0.5) is 4.39 Å². The van der Waals surface area contributed by atoms with Crippen molar-refractivity contribution in [3.8, 4) is 0 Å². The molecule has 1 fully saturated rings. The van der Waals surface area contributed by atoms with E-state index in [1.165, 1.54) is 16.3 Å². The third kappa shape index (κ3) is 2.45. The van der Waals surface area contributed by atoms with E-state index in [0.717, 1.165) is 19.4 Å². The molecule has 1 aliphatic rings. The highest BCUT2D eigenvalue weighted by atomic mass is 19.1. The van der Waals surface area contributed by atoms with Crippen LogP contribution in [0.15, 0.2) is 42.5 Å². The van der Waals surface area contributed by atoms with E-state index >= 15 is 0 Å². The van der Waals surface area contributed by atoms with Gasteiger partial charge in [0.15, 0.2) is 0 Å². The number of benzene rings is 2. The molecule has 0 aromatic heterocycles. The van der Waals surface area contributed by atoms with Crippen LogP contribution >= 0.6 is 0 Å². The van der Waals surface area contributed by atoms with Crippen molar-refractivity contribution in [3.05, 3.63) is 48.0 Å². The number of alkyl halides is 1. The molecule has 0 atom stereocenters. The zero-order valence-corrected chi connectivity index (χ0v) is 12.0. The first-order chi connectivity index (χ1) is 9.73. The topological polar surface area (TPSA) is 12.0 Å². The van der Waals surface area contributed by atoms with Crippen molar-refractivity contribution >= 4 is 10.8 Å². The second kappa shape index (κ2) is 5.53. The Morgan fingerprint density at radius 2 is 1.80 bits per heavy atom. The molecule has 3 rings (SSSR count). The number of likely N-dealkylation sites (N-methyl/N-ethyl adjacent to an activating group) is 1. The predicted molar refractivity (Wildman–Crippen MR) is 82.9 cm³/mol. The normalized spacial score (nSPS) is 26.8. The number of halogens is 1. The summed E-state index contributed by atoms with van der Waals surface area (Å²) in [5.74, 6) is 0. The number of rotatable bonds is 3. The second-order valence-electron chi connectivity index (χ2n) is 6.05. The third-order valence-corrected chi connectivity index (χ3v) is 4.75. The highest BCUT2D eigenvalue weighted by Crippen LogP contribution is 2.40. The zero-order valence-electron chi connectivity index (χ0n) is 12.0. The Hall–Kier alpha value is -1.41. The fraction of sp³-hybridized carbons (Fsp3) is 0.444. The van der Waals surface area contributed by atoms with Crippen LogP contribution in [0.1, 0.15) is 31.2 Å². The Morgan fingerprint density at radius 3 is 2.50 bits per heavy atom. The molecule has 0 saturated heterocycles. The lowest BCUT2D eigenvalue weighted by molar-refractivity contribution is 0.178. The van der Waals surface area contributed by atoms with Crippen LogP contribution in [0.5, 0.6) is 0 Å². The van der Waals surface area contributed by atoms with Gasteiger partial charge in [0, 0.05) is 12.0 Å². The maximum absolute atomic E-state index is 13.5. The SMILES string of the molecule is CNC[C@]1(c2ccc3ccccc3c2)CC[C@@H](F)CC1. The van der Waals surface area contributed by atoms with Gasteiger partial charge in [-0.15, -0.1) is 0 Å². The fourth-order valence-electron chi connectivity index (χ4n) is 3.56. The molecule has 1 N–H and O–H groups in total. The predicted octanol–water partition coefficient (Wildman–Crippen LogP) is 4.21. The van der Waals surface area contributed by atoms with Crippen molar-refractivity contribution in [2.45, 2.75) is 37.3 Å². The highest BCUT2D eigenvalue weighted by Gasteiger charge is 2.36. The number of nitrogens with one attached hydrogen (secondary N) is 1. The van der Waals surface area contributed by atoms with Crippen molar-refractivity contribution < 1.29 is 4.39 Å². The maximum atomic E-state index is 13.5. The minimum atomic E-state index is -0.611. The van der Waals surface area contributed by atoms with E-state index in [1.807, 2.05) is 7.05 Å². The Balaban J connectivity index is 2.00. The molecular formula is C18H22FN. The minimum absolute atomic E-state index is 0.0986. The van der Waals surface area contributed by atoms with E-state index < -0.39 is 6.17 Å². The summed E-state index contributed by atoms with van der Waals surface area (Å²) in [5.41, 5.74) is 1.46. The molecule has 0 spiro atoms. The Labute approximate surface area is 120 Å². The van der Waals surface area contributed by atoms with Gasteiger partial charge in [-0.25, -0.2) is 4.39 Å². The van der Waals surface area contributed by atoms with E-state index in [-0.39, 0.29) is 5.41 Å². The monoisotopic (exact) mass is 271 g/mol. The average molecular weight is 271 g/mol. The smallest absolute Gasteiger partial charge is 0.100 e. The molecule has 106 valence electrons. The summed E-state index contributed by atoms with van der Waals surface area (Å²) in [4.78, 5) is 0. The molecule has 0 heterocycles. The lowest BCUT2D eigenvalue weighted by Gasteiger charge is -2.39. The van der Waals surface area contributed by atoms with Crippen molar-refractivity contribution in [1.82, 2.24) is 5.32 Å². The molecule has 0 aliphatic heterocycles. The van der Waals surface area contributed by atoms with Crippen molar-refractivity contribution in [3.63, 3.8) is 0 Å². The van der Waals surface area contributed by atoms with Gasteiger partial charge in [-0.2, -0.15) is 0 Å². The van der Waals surface area contributed by atoms with Gasteiger partial charge in [-0.05, 0) is 49.1 Å².